The SMILES string of the molecule is C[CH]C=CCCC(C)=CCCC. The maximum atomic E-state index is 2.35. The monoisotopic (exact) mass is 165 g/mol. The van der Waals surface area contributed by atoms with Crippen molar-refractivity contribution in [1.29, 1.82) is 0 Å². The van der Waals surface area contributed by atoms with Gasteiger partial charge in [0, 0.05) is 0 Å². The summed E-state index contributed by atoms with van der Waals surface area (Å²) in [5, 5.41) is 0. The van der Waals surface area contributed by atoms with Gasteiger partial charge in [-0.25, -0.2) is 0 Å². The van der Waals surface area contributed by atoms with Crippen LogP contribution in [0.3, 0.4) is 0 Å². The minimum absolute atomic E-state index is 1.18. The summed E-state index contributed by atoms with van der Waals surface area (Å²) in [4.78, 5) is 0. The van der Waals surface area contributed by atoms with Gasteiger partial charge in [0.05, 0.1) is 0 Å². The summed E-state index contributed by atoms with van der Waals surface area (Å²) in [7, 11) is 0. The molecule has 0 aliphatic rings. The summed E-state index contributed by atoms with van der Waals surface area (Å²) in [5.74, 6) is 0. The first-order chi connectivity index (χ1) is 5.81. The van der Waals surface area contributed by atoms with E-state index in [0.29, 0.717) is 0 Å². The van der Waals surface area contributed by atoms with Crippen molar-refractivity contribution in [2.24, 2.45) is 0 Å². The molecular formula is C12H21. The van der Waals surface area contributed by atoms with Gasteiger partial charge in [0.1, 0.15) is 0 Å². The van der Waals surface area contributed by atoms with Gasteiger partial charge in [0.25, 0.3) is 0 Å². The van der Waals surface area contributed by atoms with Crippen molar-refractivity contribution in [3.63, 3.8) is 0 Å². The standard InChI is InChI=1S/C12H21/c1-4-6-8-9-11-12(3)10-7-5-2/h4,6,8,10H,5,7,9,11H2,1-3H3. The molecule has 0 fully saturated rings. The first-order valence-electron chi connectivity index (χ1n) is 4.91. The van der Waals surface area contributed by atoms with E-state index in [1.165, 1.54) is 31.3 Å². The minimum atomic E-state index is 1.18. The van der Waals surface area contributed by atoms with E-state index < -0.39 is 0 Å². The van der Waals surface area contributed by atoms with Crippen LogP contribution in [0.1, 0.15) is 46.5 Å². The Balaban J connectivity index is 3.42. The predicted molar refractivity (Wildman–Crippen MR) is 57.0 cm³/mol. The highest BCUT2D eigenvalue weighted by Crippen LogP contribution is 2.06. The molecule has 0 heteroatoms. The fourth-order valence-electron chi connectivity index (χ4n) is 1.04. The van der Waals surface area contributed by atoms with Crippen molar-refractivity contribution < 1.29 is 0 Å². The maximum absolute atomic E-state index is 2.35. The summed E-state index contributed by atoms with van der Waals surface area (Å²) in [6.07, 6.45) is 13.6. The highest BCUT2D eigenvalue weighted by Gasteiger charge is 1.86. The van der Waals surface area contributed by atoms with Crippen LogP contribution in [0.15, 0.2) is 23.8 Å². The molecule has 0 unspecified atom stereocenters. The Kier molecular flexibility index (Phi) is 8.20. The Morgan fingerprint density at radius 3 is 2.58 bits per heavy atom. The van der Waals surface area contributed by atoms with Crippen LogP contribution < -0.4 is 0 Å². The summed E-state index contributed by atoms with van der Waals surface area (Å²) in [6, 6.07) is 0. The van der Waals surface area contributed by atoms with Crippen LogP contribution in [0.5, 0.6) is 0 Å². The first-order valence-corrected chi connectivity index (χ1v) is 4.91. The number of hydrogen-bond donors (Lipinski definition) is 0. The lowest BCUT2D eigenvalue weighted by molar-refractivity contribution is 0.911. The zero-order valence-electron chi connectivity index (χ0n) is 8.64. The molecule has 12 heavy (non-hydrogen) atoms. The van der Waals surface area contributed by atoms with E-state index in [2.05, 4.69) is 45.4 Å². The van der Waals surface area contributed by atoms with Crippen LogP contribution in [-0.4, -0.2) is 0 Å². The van der Waals surface area contributed by atoms with Gasteiger partial charge in [0.15, 0.2) is 0 Å². The van der Waals surface area contributed by atoms with Crippen LogP contribution in [0.2, 0.25) is 0 Å². The van der Waals surface area contributed by atoms with Crippen molar-refractivity contribution in [1.82, 2.24) is 0 Å². The lowest BCUT2D eigenvalue weighted by Gasteiger charge is -1.96. The van der Waals surface area contributed by atoms with Gasteiger partial charge in [-0.1, -0.05) is 44.1 Å². The summed E-state index contributed by atoms with van der Waals surface area (Å²) < 4.78 is 0. The summed E-state index contributed by atoms with van der Waals surface area (Å²) >= 11 is 0. The fraction of sp³-hybridized carbons (Fsp3) is 0.583. The van der Waals surface area contributed by atoms with Gasteiger partial charge < -0.3 is 0 Å². The molecule has 0 N–H and O–H groups in total. The summed E-state index contributed by atoms with van der Waals surface area (Å²) in [6.45, 7) is 6.49. The molecule has 0 atom stereocenters. The normalized spacial score (nSPS) is 12.8. The molecule has 0 amide bonds. The van der Waals surface area contributed by atoms with Crippen molar-refractivity contribution in [2.75, 3.05) is 0 Å². The first kappa shape index (κ1) is 11.5. The molecule has 0 aromatic carbocycles. The zero-order valence-corrected chi connectivity index (χ0v) is 8.64. The van der Waals surface area contributed by atoms with Crippen molar-refractivity contribution in [3.05, 3.63) is 30.2 Å². The molecule has 0 bridgehead atoms. The quantitative estimate of drug-likeness (QED) is 0.515. The molecule has 0 aliphatic heterocycles. The molecule has 0 saturated carbocycles. The molecule has 0 spiro atoms. The minimum Gasteiger partial charge on any atom is -0.0879 e. The number of allylic oxidation sites excluding steroid dienone is 4. The van der Waals surface area contributed by atoms with Gasteiger partial charge in [-0.3, -0.25) is 0 Å². The molecule has 1 radical (unpaired) electrons. The van der Waals surface area contributed by atoms with Crippen molar-refractivity contribution in [3.8, 4) is 0 Å². The van der Waals surface area contributed by atoms with Gasteiger partial charge >= 0.3 is 0 Å². The average molecular weight is 165 g/mol. The fourth-order valence-corrected chi connectivity index (χ4v) is 1.04. The Bertz CT molecular complexity index is 140. The molecule has 0 aromatic heterocycles. The Morgan fingerprint density at radius 2 is 2.00 bits per heavy atom. The van der Waals surface area contributed by atoms with Crippen LogP contribution >= 0.6 is 0 Å². The molecule has 0 rings (SSSR count). The zero-order chi connectivity index (χ0) is 9.23. The molecule has 0 nitrogen and oxygen atoms in total. The van der Waals surface area contributed by atoms with E-state index in [1.807, 2.05) is 0 Å². The van der Waals surface area contributed by atoms with E-state index >= 15 is 0 Å². The second kappa shape index (κ2) is 8.58. The lowest BCUT2D eigenvalue weighted by atomic mass is 10.1. The van der Waals surface area contributed by atoms with Gasteiger partial charge in [-0.15, -0.1) is 0 Å². The van der Waals surface area contributed by atoms with Gasteiger partial charge in [-0.2, -0.15) is 0 Å². The van der Waals surface area contributed by atoms with Crippen LogP contribution in [0, 0.1) is 6.42 Å². The second-order valence-corrected chi connectivity index (χ2v) is 3.14. The van der Waals surface area contributed by atoms with Crippen LogP contribution in [0.25, 0.3) is 0 Å². The van der Waals surface area contributed by atoms with Crippen LogP contribution in [-0.2, 0) is 0 Å². The topological polar surface area (TPSA) is 0 Å². The highest BCUT2D eigenvalue weighted by molar-refractivity contribution is 5.01. The molecule has 69 valence electrons. The van der Waals surface area contributed by atoms with Crippen molar-refractivity contribution in [2.45, 2.75) is 46.5 Å². The Hall–Kier alpha value is -0.520. The third-order valence-electron chi connectivity index (χ3n) is 1.82. The predicted octanol–water partition coefficient (Wildman–Crippen LogP) is 4.29. The van der Waals surface area contributed by atoms with Crippen molar-refractivity contribution >= 4 is 0 Å². The van der Waals surface area contributed by atoms with Crippen LogP contribution in [0.4, 0.5) is 0 Å². The van der Waals surface area contributed by atoms with E-state index in [1.54, 1.807) is 0 Å². The lowest BCUT2D eigenvalue weighted by Crippen LogP contribution is -1.76. The average Bonchev–Trinajstić information content (AvgIpc) is 2.09. The number of unbranched alkanes of at least 4 members (excludes halogenated alkanes) is 1. The Morgan fingerprint density at radius 1 is 1.25 bits per heavy atom. The Labute approximate surface area is 77.4 Å². The van der Waals surface area contributed by atoms with Gasteiger partial charge in [0.2, 0.25) is 0 Å². The maximum Gasteiger partial charge on any atom is -0.0202 e. The molecule has 0 heterocycles. The largest absolute Gasteiger partial charge is 0.0879 e. The number of hydrogen-bond acceptors (Lipinski definition) is 0. The number of rotatable bonds is 6. The second-order valence-electron chi connectivity index (χ2n) is 3.14. The third-order valence-corrected chi connectivity index (χ3v) is 1.82. The van der Waals surface area contributed by atoms with E-state index in [9.17, 15) is 0 Å². The molecule has 0 saturated heterocycles. The molecule has 0 aromatic rings. The molecular weight excluding hydrogens is 144 g/mol. The highest BCUT2D eigenvalue weighted by atomic mass is 13.9. The third kappa shape index (κ3) is 7.59. The smallest absolute Gasteiger partial charge is 0.0202 e. The van der Waals surface area contributed by atoms with E-state index in [0.717, 1.165) is 0 Å². The van der Waals surface area contributed by atoms with Gasteiger partial charge in [-0.05, 0) is 32.6 Å². The summed E-state index contributed by atoms with van der Waals surface area (Å²) in [5.41, 5.74) is 1.53. The van der Waals surface area contributed by atoms with E-state index in [4.69, 9.17) is 0 Å². The van der Waals surface area contributed by atoms with E-state index in [-0.39, 0.29) is 0 Å². The molecule has 0 aliphatic carbocycles.